The fourth-order valence-corrected chi connectivity index (χ4v) is 2.68. The van der Waals surface area contributed by atoms with Gasteiger partial charge >= 0.3 is 0 Å². The topological polar surface area (TPSA) is 66.5 Å². The van der Waals surface area contributed by atoms with Crippen LogP contribution in [0.25, 0.3) is 0 Å². The number of nitrogens with zero attached hydrogens (tertiary/aromatic N) is 1. The molecular weight excluding hydrogens is 304 g/mol. The van der Waals surface area contributed by atoms with Crippen molar-refractivity contribution in [1.29, 1.82) is 0 Å². The molecule has 2 aromatic carbocycles. The smallest absolute Gasteiger partial charge is 0.262 e. The Morgan fingerprint density at radius 2 is 1.50 bits per heavy atom. The summed E-state index contributed by atoms with van der Waals surface area (Å²) in [5, 5.41) is 2.72. The van der Waals surface area contributed by atoms with Gasteiger partial charge in [0.25, 0.3) is 11.8 Å². The Labute approximate surface area is 140 Å². The van der Waals surface area contributed by atoms with Crippen LogP contribution >= 0.6 is 0 Å². The third kappa shape index (κ3) is 2.93. The van der Waals surface area contributed by atoms with E-state index in [1.54, 1.807) is 24.3 Å². The summed E-state index contributed by atoms with van der Waals surface area (Å²) >= 11 is 0. The Kier molecular flexibility index (Phi) is 4.16. The molecule has 0 aliphatic carbocycles. The zero-order valence-electron chi connectivity index (χ0n) is 13.6. The molecule has 0 fully saturated rings. The van der Waals surface area contributed by atoms with Crippen LogP contribution in [0.1, 0.15) is 46.0 Å². The van der Waals surface area contributed by atoms with Crippen LogP contribution in [0.2, 0.25) is 0 Å². The van der Waals surface area contributed by atoms with Gasteiger partial charge in [-0.3, -0.25) is 19.3 Å². The molecule has 1 N–H and O–H groups in total. The fraction of sp³-hybridized carbons (Fsp3) is 0.211. The Balaban J connectivity index is 1.68. The zero-order chi connectivity index (χ0) is 17.3. The zero-order valence-corrected chi connectivity index (χ0v) is 13.6. The Morgan fingerprint density at radius 3 is 2.00 bits per heavy atom. The van der Waals surface area contributed by atoms with Gasteiger partial charge < -0.3 is 5.32 Å². The highest BCUT2D eigenvalue weighted by Gasteiger charge is 2.36. The molecule has 3 amide bonds. The summed E-state index contributed by atoms with van der Waals surface area (Å²) in [5.74, 6) is -0.850. The number of fused-ring (bicyclic) bond motifs is 1. The predicted octanol–water partition coefficient (Wildman–Crippen LogP) is 3.04. The Morgan fingerprint density at radius 1 is 0.958 bits per heavy atom. The second-order valence-corrected chi connectivity index (χ2v) is 6.07. The second-order valence-electron chi connectivity index (χ2n) is 6.07. The highest BCUT2D eigenvalue weighted by atomic mass is 16.2. The van der Waals surface area contributed by atoms with E-state index in [1.165, 1.54) is 5.56 Å². The van der Waals surface area contributed by atoms with Crippen LogP contribution in [0.15, 0.2) is 48.5 Å². The lowest BCUT2D eigenvalue weighted by Crippen LogP contribution is -2.37. The number of anilines is 1. The van der Waals surface area contributed by atoms with Crippen LogP contribution in [-0.4, -0.2) is 29.2 Å². The van der Waals surface area contributed by atoms with Crippen LogP contribution in [-0.2, 0) is 4.79 Å². The van der Waals surface area contributed by atoms with Crippen molar-refractivity contribution in [2.24, 2.45) is 0 Å². The molecular formula is C19H18N2O3. The SMILES string of the molecule is CC(C)c1ccc(NC(=O)CN2C(=O)c3ccccc3C2=O)cc1. The van der Waals surface area contributed by atoms with Gasteiger partial charge in [-0.2, -0.15) is 0 Å². The first-order valence-corrected chi connectivity index (χ1v) is 7.82. The maximum atomic E-state index is 12.2. The van der Waals surface area contributed by atoms with Crippen LogP contribution in [0, 0.1) is 0 Å². The van der Waals surface area contributed by atoms with Gasteiger partial charge in [0, 0.05) is 5.69 Å². The summed E-state index contributed by atoms with van der Waals surface area (Å²) in [5.41, 5.74) is 2.50. The first-order chi connectivity index (χ1) is 11.5. The van der Waals surface area contributed by atoms with E-state index in [4.69, 9.17) is 0 Å². The van der Waals surface area contributed by atoms with Gasteiger partial charge in [-0.25, -0.2) is 0 Å². The number of benzene rings is 2. The van der Waals surface area contributed by atoms with Gasteiger partial charge in [-0.1, -0.05) is 38.1 Å². The van der Waals surface area contributed by atoms with Crippen LogP contribution in [0.5, 0.6) is 0 Å². The van der Waals surface area contributed by atoms with E-state index in [-0.39, 0.29) is 6.54 Å². The lowest BCUT2D eigenvalue weighted by Gasteiger charge is -2.14. The van der Waals surface area contributed by atoms with Crippen molar-refractivity contribution >= 4 is 23.4 Å². The molecule has 0 saturated carbocycles. The molecule has 1 heterocycles. The molecule has 3 rings (SSSR count). The minimum Gasteiger partial charge on any atom is -0.325 e. The van der Waals surface area contributed by atoms with Crippen molar-refractivity contribution < 1.29 is 14.4 Å². The quantitative estimate of drug-likeness (QED) is 0.880. The van der Waals surface area contributed by atoms with E-state index in [0.29, 0.717) is 22.7 Å². The van der Waals surface area contributed by atoms with Crippen molar-refractivity contribution in [3.63, 3.8) is 0 Å². The van der Waals surface area contributed by atoms with Crippen molar-refractivity contribution in [1.82, 2.24) is 4.90 Å². The minimum atomic E-state index is -0.430. The third-order valence-electron chi connectivity index (χ3n) is 4.04. The first-order valence-electron chi connectivity index (χ1n) is 7.82. The molecule has 5 heteroatoms. The molecule has 0 unspecified atom stereocenters. The Hall–Kier alpha value is -2.95. The highest BCUT2D eigenvalue weighted by molar-refractivity contribution is 6.22. The van der Waals surface area contributed by atoms with Gasteiger partial charge in [-0.05, 0) is 35.7 Å². The summed E-state index contributed by atoms with van der Waals surface area (Å²) < 4.78 is 0. The Bertz CT molecular complexity index is 775. The van der Waals surface area contributed by atoms with Crippen LogP contribution < -0.4 is 5.32 Å². The van der Waals surface area contributed by atoms with Crippen molar-refractivity contribution in [2.75, 3.05) is 11.9 Å². The van der Waals surface area contributed by atoms with Gasteiger partial charge in [0.15, 0.2) is 0 Å². The molecule has 2 aromatic rings. The molecule has 0 atom stereocenters. The number of nitrogens with one attached hydrogen (secondary N) is 1. The van der Waals surface area contributed by atoms with E-state index in [9.17, 15) is 14.4 Å². The van der Waals surface area contributed by atoms with Crippen molar-refractivity contribution in [2.45, 2.75) is 19.8 Å². The normalized spacial score (nSPS) is 13.4. The van der Waals surface area contributed by atoms with E-state index < -0.39 is 17.7 Å². The van der Waals surface area contributed by atoms with E-state index in [1.807, 2.05) is 24.3 Å². The number of carbonyl (C=O) groups excluding carboxylic acids is 3. The lowest BCUT2D eigenvalue weighted by molar-refractivity contribution is -0.116. The average Bonchev–Trinajstić information content (AvgIpc) is 2.81. The summed E-state index contributed by atoms with van der Waals surface area (Å²) in [7, 11) is 0. The number of rotatable bonds is 4. The maximum Gasteiger partial charge on any atom is 0.262 e. The second kappa shape index (κ2) is 6.28. The van der Waals surface area contributed by atoms with Crippen molar-refractivity contribution in [3.05, 3.63) is 65.2 Å². The molecule has 5 nitrogen and oxygen atoms in total. The predicted molar refractivity (Wildman–Crippen MR) is 91.0 cm³/mol. The number of hydrogen-bond donors (Lipinski definition) is 1. The maximum absolute atomic E-state index is 12.2. The number of carbonyl (C=O) groups is 3. The molecule has 0 bridgehead atoms. The molecule has 122 valence electrons. The molecule has 1 aliphatic rings. The number of hydrogen-bond acceptors (Lipinski definition) is 3. The molecule has 1 aliphatic heterocycles. The number of imide groups is 1. The highest BCUT2D eigenvalue weighted by Crippen LogP contribution is 2.22. The fourth-order valence-electron chi connectivity index (χ4n) is 2.68. The van der Waals surface area contributed by atoms with Gasteiger partial charge in [0.2, 0.25) is 5.91 Å². The van der Waals surface area contributed by atoms with E-state index in [0.717, 1.165) is 4.90 Å². The molecule has 24 heavy (non-hydrogen) atoms. The summed E-state index contributed by atoms with van der Waals surface area (Å²) in [6.07, 6.45) is 0. The van der Waals surface area contributed by atoms with Crippen LogP contribution in [0.3, 0.4) is 0 Å². The standard InChI is InChI=1S/C19H18N2O3/c1-12(2)13-7-9-14(10-8-13)20-17(22)11-21-18(23)15-5-3-4-6-16(15)19(21)24/h3-10,12H,11H2,1-2H3,(H,20,22). The molecule has 0 spiro atoms. The number of amides is 3. The molecule has 0 radical (unpaired) electrons. The molecule has 0 aromatic heterocycles. The minimum absolute atomic E-state index is 0.293. The largest absolute Gasteiger partial charge is 0.325 e. The van der Waals surface area contributed by atoms with E-state index in [2.05, 4.69) is 19.2 Å². The average molecular weight is 322 g/mol. The third-order valence-corrected chi connectivity index (χ3v) is 4.04. The van der Waals surface area contributed by atoms with Crippen LogP contribution in [0.4, 0.5) is 5.69 Å². The van der Waals surface area contributed by atoms with Gasteiger partial charge in [-0.15, -0.1) is 0 Å². The summed E-state index contributed by atoms with van der Waals surface area (Å²) in [6, 6.07) is 14.1. The monoisotopic (exact) mass is 322 g/mol. The summed E-state index contributed by atoms with van der Waals surface area (Å²) in [6.45, 7) is 3.89. The lowest BCUT2D eigenvalue weighted by atomic mass is 10.0. The van der Waals surface area contributed by atoms with Gasteiger partial charge in [0.05, 0.1) is 11.1 Å². The van der Waals surface area contributed by atoms with Gasteiger partial charge in [0.1, 0.15) is 6.54 Å². The molecule has 0 saturated heterocycles. The van der Waals surface area contributed by atoms with E-state index >= 15 is 0 Å². The van der Waals surface area contributed by atoms with Crippen molar-refractivity contribution in [3.8, 4) is 0 Å². The first kappa shape index (κ1) is 15.9. The summed E-state index contributed by atoms with van der Waals surface area (Å²) in [4.78, 5) is 37.6.